The van der Waals surface area contributed by atoms with E-state index in [1.165, 1.54) is 5.56 Å². The summed E-state index contributed by atoms with van der Waals surface area (Å²) in [6.07, 6.45) is 4.18. The molecule has 0 amide bonds. The van der Waals surface area contributed by atoms with E-state index in [4.69, 9.17) is 13.6 Å². The number of benzene rings is 2. The topological polar surface area (TPSA) is 89.9 Å². The molecule has 0 radical (unpaired) electrons. The maximum Gasteiger partial charge on any atom is 0.335 e. The van der Waals surface area contributed by atoms with Gasteiger partial charge in [-0.2, -0.15) is 0 Å². The SMILES string of the molecule is CCOC(=O)C1=C(C)C=c2oc(=Cc3ccc(-c4ccc(C=O)cc4)o3)c(O)c2C1c1ccc(C(C)C)cc1. The van der Waals surface area contributed by atoms with Gasteiger partial charge in [-0.05, 0) is 54.7 Å². The van der Waals surface area contributed by atoms with Gasteiger partial charge in [0.1, 0.15) is 23.2 Å². The molecule has 1 aliphatic carbocycles. The number of hydrogen-bond acceptors (Lipinski definition) is 6. The predicted molar refractivity (Wildman–Crippen MR) is 149 cm³/mol. The molecule has 0 saturated heterocycles. The molecular weight excluding hydrogens is 492 g/mol. The summed E-state index contributed by atoms with van der Waals surface area (Å²) in [5.41, 5.74) is 5.87. The van der Waals surface area contributed by atoms with Crippen LogP contribution in [0.3, 0.4) is 0 Å². The molecule has 1 atom stereocenters. The van der Waals surface area contributed by atoms with Crippen LogP contribution in [-0.2, 0) is 9.53 Å². The van der Waals surface area contributed by atoms with Gasteiger partial charge in [-0.1, -0.05) is 62.4 Å². The molecular formula is C33H30O6. The summed E-state index contributed by atoms with van der Waals surface area (Å²) >= 11 is 0. The van der Waals surface area contributed by atoms with Crippen LogP contribution in [0.25, 0.3) is 23.5 Å². The largest absolute Gasteiger partial charge is 0.504 e. The van der Waals surface area contributed by atoms with Crippen LogP contribution in [0.4, 0.5) is 0 Å². The zero-order valence-electron chi connectivity index (χ0n) is 22.4. The van der Waals surface area contributed by atoms with Gasteiger partial charge >= 0.3 is 5.97 Å². The lowest BCUT2D eigenvalue weighted by molar-refractivity contribution is -0.138. The third-order valence-electron chi connectivity index (χ3n) is 6.99. The third kappa shape index (κ3) is 4.98. The minimum Gasteiger partial charge on any atom is -0.504 e. The van der Waals surface area contributed by atoms with Crippen molar-refractivity contribution in [2.45, 2.75) is 39.5 Å². The molecule has 1 aliphatic rings. The smallest absolute Gasteiger partial charge is 0.335 e. The molecule has 1 unspecified atom stereocenters. The average molecular weight is 523 g/mol. The quantitative estimate of drug-likeness (QED) is 0.243. The van der Waals surface area contributed by atoms with E-state index in [1.807, 2.05) is 49.4 Å². The molecule has 0 aliphatic heterocycles. The minimum atomic E-state index is -0.556. The van der Waals surface area contributed by atoms with Gasteiger partial charge in [0.2, 0.25) is 0 Å². The van der Waals surface area contributed by atoms with Crippen molar-refractivity contribution in [3.63, 3.8) is 0 Å². The van der Waals surface area contributed by atoms with Gasteiger partial charge in [0, 0.05) is 23.1 Å². The van der Waals surface area contributed by atoms with Gasteiger partial charge in [-0.15, -0.1) is 0 Å². The maximum atomic E-state index is 13.1. The Kier molecular flexibility index (Phi) is 7.11. The van der Waals surface area contributed by atoms with Crippen LogP contribution in [0.5, 0.6) is 5.75 Å². The van der Waals surface area contributed by atoms with Crippen LogP contribution < -0.4 is 10.8 Å². The van der Waals surface area contributed by atoms with Crippen molar-refractivity contribution < 1.29 is 28.3 Å². The van der Waals surface area contributed by atoms with Crippen molar-refractivity contribution in [3.8, 4) is 17.1 Å². The van der Waals surface area contributed by atoms with Crippen molar-refractivity contribution in [3.05, 3.63) is 111 Å². The fourth-order valence-electron chi connectivity index (χ4n) is 4.94. The maximum absolute atomic E-state index is 13.1. The second-order valence-electron chi connectivity index (χ2n) is 9.89. The molecule has 5 rings (SSSR count). The number of hydrogen-bond donors (Lipinski definition) is 1. The summed E-state index contributed by atoms with van der Waals surface area (Å²) in [6.45, 7) is 8.12. The molecule has 4 aromatic rings. The van der Waals surface area contributed by atoms with Crippen LogP contribution >= 0.6 is 0 Å². The number of rotatable bonds is 7. The molecule has 6 heteroatoms. The Morgan fingerprint density at radius 1 is 1.03 bits per heavy atom. The fraction of sp³-hybridized carbons (Fsp3) is 0.212. The lowest BCUT2D eigenvalue weighted by Crippen LogP contribution is -2.24. The summed E-state index contributed by atoms with van der Waals surface area (Å²) < 4.78 is 17.5. The summed E-state index contributed by atoms with van der Waals surface area (Å²) in [5, 5.41) is 11.4. The number of carbonyl (C=O) groups excluding carboxylic acids is 2. The van der Waals surface area contributed by atoms with Crippen LogP contribution in [-0.4, -0.2) is 24.0 Å². The predicted octanol–water partition coefficient (Wildman–Crippen LogP) is 5.82. The number of aromatic hydroxyl groups is 1. The first-order valence-corrected chi connectivity index (χ1v) is 13.0. The van der Waals surface area contributed by atoms with E-state index in [2.05, 4.69) is 13.8 Å². The number of fused-ring (bicyclic) bond motifs is 1. The van der Waals surface area contributed by atoms with Gasteiger partial charge in [-0.3, -0.25) is 4.79 Å². The Morgan fingerprint density at radius 3 is 2.38 bits per heavy atom. The molecule has 2 aromatic carbocycles. The summed E-state index contributed by atoms with van der Waals surface area (Å²) in [4.78, 5) is 24.1. The lowest BCUT2D eigenvalue weighted by atomic mass is 9.79. The molecule has 2 heterocycles. The Bertz CT molecular complexity index is 1680. The first-order valence-electron chi connectivity index (χ1n) is 13.0. The molecule has 0 bridgehead atoms. The van der Waals surface area contributed by atoms with Crippen LogP contribution in [0, 0.1) is 0 Å². The van der Waals surface area contributed by atoms with Crippen molar-refractivity contribution in [2.75, 3.05) is 6.61 Å². The Balaban J connectivity index is 1.60. The molecule has 6 nitrogen and oxygen atoms in total. The highest BCUT2D eigenvalue weighted by Crippen LogP contribution is 2.39. The van der Waals surface area contributed by atoms with Crippen LogP contribution in [0.2, 0.25) is 0 Å². The number of aldehydes is 1. The first-order chi connectivity index (χ1) is 18.8. The van der Waals surface area contributed by atoms with Crippen LogP contribution in [0.1, 0.15) is 72.3 Å². The van der Waals surface area contributed by atoms with Gasteiger partial charge in [-0.25, -0.2) is 4.79 Å². The highest BCUT2D eigenvalue weighted by molar-refractivity contribution is 5.95. The van der Waals surface area contributed by atoms with Gasteiger partial charge in [0.05, 0.1) is 17.7 Å². The molecule has 0 saturated carbocycles. The van der Waals surface area contributed by atoms with Gasteiger partial charge in [0.25, 0.3) is 0 Å². The standard InChI is InChI=1S/C33H30O6/c1-5-37-33(36)29-20(4)16-27-31(30(29)24-12-10-22(11-13-24)19(2)3)32(35)28(39-27)17-25-14-15-26(38-25)23-8-6-21(18-34)7-9-23/h6-19,30,35H,5H2,1-4H3. The van der Waals surface area contributed by atoms with Crippen LogP contribution in [0.15, 0.2) is 80.6 Å². The van der Waals surface area contributed by atoms with Gasteiger partial charge < -0.3 is 18.7 Å². The summed E-state index contributed by atoms with van der Waals surface area (Å²) in [6, 6.07) is 18.7. The second kappa shape index (κ2) is 10.7. The Hall–Kier alpha value is -4.58. The van der Waals surface area contributed by atoms with E-state index >= 15 is 0 Å². The Labute approximate surface area is 226 Å². The summed E-state index contributed by atoms with van der Waals surface area (Å²) in [7, 11) is 0. The molecule has 0 fully saturated rings. The Morgan fingerprint density at radius 2 is 1.74 bits per heavy atom. The van der Waals surface area contributed by atoms with Crippen molar-refractivity contribution in [1.29, 1.82) is 0 Å². The number of furan rings is 2. The fourth-order valence-corrected chi connectivity index (χ4v) is 4.94. The van der Waals surface area contributed by atoms with Crippen molar-refractivity contribution in [1.82, 2.24) is 0 Å². The van der Waals surface area contributed by atoms with E-state index in [0.29, 0.717) is 39.6 Å². The molecule has 39 heavy (non-hydrogen) atoms. The zero-order chi connectivity index (χ0) is 27.7. The lowest BCUT2D eigenvalue weighted by Gasteiger charge is -2.24. The number of ether oxygens (including phenoxy) is 1. The summed E-state index contributed by atoms with van der Waals surface area (Å²) in [5.74, 6) is 0.435. The van der Waals surface area contributed by atoms with E-state index in [0.717, 1.165) is 23.0 Å². The first kappa shape index (κ1) is 26.0. The minimum absolute atomic E-state index is 0.0539. The molecule has 0 spiro atoms. The average Bonchev–Trinajstić information content (AvgIpc) is 3.52. The van der Waals surface area contributed by atoms with Crippen molar-refractivity contribution >= 4 is 24.4 Å². The number of allylic oxidation sites excluding steroid dienone is 1. The highest BCUT2D eigenvalue weighted by atomic mass is 16.5. The number of esters is 1. The van der Waals surface area contributed by atoms with E-state index in [1.54, 1.807) is 37.3 Å². The normalized spacial score (nSPS) is 15.3. The van der Waals surface area contributed by atoms with Crippen molar-refractivity contribution in [2.24, 2.45) is 0 Å². The number of carbonyl (C=O) groups is 2. The zero-order valence-corrected chi connectivity index (χ0v) is 22.4. The monoisotopic (exact) mass is 522 g/mol. The van der Waals surface area contributed by atoms with E-state index in [-0.39, 0.29) is 17.8 Å². The molecule has 1 N–H and O–H groups in total. The van der Waals surface area contributed by atoms with Gasteiger partial charge in [0.15, 0.2) is 11.2 Å². The van der Waals surface area contributed by atoms with E-state index in [9.17, 15) is 14.7 Å². The molecule has 198 valence electrons. The molecule has 2 aromatic heterocycles. The van der Waals surface area contributed by atoms with E-state index < -0.39 is 11.9 Å². The third-order valence-corrected chi connectivity index (χ3v) is 6.99. The highest BCUT2D eigenvalue weighted by Gasteiger charge is 2.35. The second-order valence-corrected chi connectivity index (χ2v) is 9.89.